The Hall–Kier alpha value is -1.26. The number of aromatic nitrogens is 1. The Morgan fingerprint density at radius 2 is 2.31 bits per heavy atom. The fourth-order valence-corrected chi connectivity index (χ4v) is 2.21. The molecule has 1 N–H and O–H groups in total. The predicted octanol–water partition coefficient (Wildman–Crippen LogP) is 2.87. The van der Waals surface area contributed by atoms with Crippen LogP contribution in [0.3, 0.4) is 0 Å². The number of aliphatic hydroxyl groups excluding tert-OH is 1. The van der Waals surface area contributed by atoms with Gasteiger partial charge >= 0.3 is 0 Å². The lowest BCUT2D eigenvalue weighted by molar-refractivity contribution is 0.178. The Labute approximate surface area is 97.4 Å². The van der Waals surface area contributed by atoms with E-state index in [0.717, 1.165) is 11.1 Å². The van der Waals surface area contributed by atoms with E-state index in [1.54, 1.807) is 12.3 Å². The van der Waals surface area contributed by atoms with Gasteiger partial charge in [0.1, 0.15) is 16.9 Å². The van der Waals surface area contributed by atoms with E-state index in [1.165, 1.54) is 23.5 Å². The number of hydrogen-bond donors (Lipinski definition) is 1. The van der Waals surface area contributed by atoms with E-state index in [4.69, 9.17) is 0 Å². The Bertz CT molecular complexity index is 470. The summed E-state index contributed by atoms with van der Waals surface area (Å²) in [6.07, 6.45) is 1.53. The van der Waals surface area contributed by atoms with Crippen molar-refractivity contribution in [3.05, 3.63) is 51.7 Å². The summed E-state index contributed by atoms with van der Waals surface area (Å²) >= 11 is 1.42. The highest BCUT2D eigenvalue weighted by molar-refractivity contribution is 7.09. The van der Waals surface area contributed by atoms with Crippen LogP contribution in [-0.2, 0) is 6.42 Å². The third kappa shape index (κ3) is 2.46. The maximum atomic E-state index is 12.9. The Morgan fingerprint density at radius 1 is 1.50 bits per heavy atom. The van der Waals surface area contributed by atoms with Crippen molar-refractivity contribution in [2.24, 2.45) is 0 Å². The van der Waals surface area contributed by atoms with Crippen LogP contribution >= 0.6 is 11.3 Å². The van der Waals surface area contributed by atoms with Gasteiger partial charge in [0, 0.05) is 18.0 Å². The second-order valence-corrected chi connectivity index (χ2v) is 4.59. The van der Waals surface area contributed by atoms with Crippen molar-refractivity contribution in [3.8, 4) is 0 Å². The number of rotatable bonds is 3. The van der Waals surface area contributed by atoms with Crippen LogP contribution in [0.5, 0.6) is 0 Å². The maximum Gasteiger partial charge on any atom is 0.123 e. The van der Waals surface area contributed by atoms with Crippen LogP contribution < -0.4 is 0 Å². The maximum absolute atomic E-state index is 12.9. The summed E-state index contributed by atoms with van der Waals surface area (Å²) in [5, 5.41) is 12.4. The van der Waals surface area contributed by atoms with Gasteiger partial charge in [0.2, 0.25) is 0 Å². The summed E-state index contributed by atoms with van der Waals surface area (Å²) in [6, 6.07) is 4.60. The average molecular weight is 237 g/mol. The lowest BCUT2D eigenvalue weighted by atomic mass is 10.0. The van der Waals surface area contributed by atoms with E-state index in [1.807, 2.05) is 12.3 Å². The number of halogens is 1. The number of aryl methyl sites for hydroxylation is 1. The molecule has 16 heavy (non-hydrogen) atoms. The molecule has 0 spiro atoms. The molecule has 0 fully saturated rings. The lowest BCUT2D eigenvalue weighted by Gasteiger charge is -2.10. The zero-order valence-corrected chi connectivity index (χ0v) is 9.67. The van der Waals surface area contributed by atoms with Crippen LogP contribution in [0.15, 0.2) is 29.8 Å². The van der Waals surface area contributed by atoms with Crippen LogP contribution in [0.25, 0.3) is 0 Å². The van der Waals surface area contributed by atoms with Crippen LogP contribution in [-0.4, -0.2) is 10.1 Å². The summed E-state index contributed by atoms with van der Waals surface area (Å²) in [5.41, 5.74) is 1.81. The summed E-state index contributed by atoms with van der Waals surface area (Å²) in [7, 11) is 0. The molecular formula is C12H12FNOS. The van der Waals surface area contributed by atoms with E-state index in [-0.39, 0.29) is 5.82 Å². The number of hydrogen-bond acceptors (Lipinski definition) is 3. The van der Waals surface area contributed by atoms with Crippen molar-refractivity contribution in [3.63, 3.8) is 0 Å². The topological polar surface area (TPSA) is 33.1 Å². The van der Waals surface area contributed by atoms with Crippen molar-refractivity contribution in [2.75, 3.05) is 0 Å². The molecule has 0 aliphatic heterocycles. The molecule has 2 aromatic rings. The van der Waals surface area contributed by atoms with Gasteiger partial charge in [-0.2, -0.15) is 0 Å². The number of benzene rings is 1. The molecule has 1 aromatic heterocycles. The smallest absolute Gasteiger partial charge is 0.123 e. The molecule has 0 amide bonds. The van der Waals surface area contributed by atoms with Gasteiger partial charge in [0.05, 0.1) is 0 Å². The standard InChI is InChI=1S/C12H12FNOS/c1-8-6-10(13)3-2-9(8)7-11(15)12-14-4-5-16-12/h2-6,11,15H,7H2,1H3. The minimum Gasteiger partial charge on any atom is -0.386 e. The first-order chi connectivity index (χ1) is 7.66. The van der Waals surface area contributed by atoms with E-state index in [2.05, 4.69) is 4.98 Å². The molecule has 4 heteroatoms. The second kappa shape index (κ2) is 4.72. The number of nitrogens with zero attached hydrogens (tertiary/aromatic N) is 1. The molecule has 1 heterocycles. The van der Waals surface area contributed by atoms with E-state index in [0.29, 0.717) is 11.4 Å². The van der Waals surface area contributed by atoms with Gasteiger partial charge in [0.15, 0.2) is 0 Å². The zero-order valence-electron chi connectivity index (χ0n) is 8.85. The Balaban J connectivity index is 2.15. The van der Waals surface area contributed by atoms with Crippen LogP contribution in [0.2, 0.25) is 0 Å². The molecule has 0 saturated heterocycles. The van der Waals surface area contributed by atoms with Gasteiger partial charge in [-0.25, -0.2) is 9.37 Å². The molecule has 0 aliphatic rings. The highest BCUT2D eigenvalue weighted by Gasteiger charge is 2.12. The molecule has 1 aromatic carbocycles. The van der Waals surface area contributed by atoms with Crippen LogP contribution in [0, 0.1) is 12.7 Å². The first kappa shape index (κ1) is 11.2. The fourth-order valence-electron chi connectivity index (χ4n) is 1.58. The van der Waals surface area contributed by atoms with E-state index >= 15 is 0 Å². The third-order valence-electron chi connectivity index (χ3n) is 2.45. The fraction of sp³-hybridized carbons (Fsp3) is 0.250. The van der Waals surface area contributed by atoms with Gasteiger partial charge < -0.3 is 5.11 Å². The van der Waals surface area contributed by atoms with Gasteiger partial charge in [-0.15, -0.1) is 11.3 Å². The predicted molar refractivity (Wildman–Crippen MR) is 61.9 cm³/mol. The first-order valence-corrected chi connectivity index (χ1v) is 5.87. The van der Waals surface area contributed by atoms with Gasteiger partial charge in [-0.1, -0.05) is 6.07 Å². The van der Waals surface area contributed by atoms with Crippen LogP contribution in [0.1, 0.15) is 22.2 Å². The summed E-state index contributed by atoms with van der Waals surface area (Å²) in [4.78, 5) is 4.05. The molecule has 0 radical (unpaired) electrons. The number of aliphatic hydroxyl groups is 1. The molecule has 1 unspecified atom stereocenters. The normalized spacial score (nSPS) is 12.7. The summed E-state index contributed by atoms with van der Waals surface area (Å²) in [6.45, 7) is 1.84. The highest BCUT2D eigenvalue weighted by Crippen LogP contribution is 2.22. The van der Waals surface area contributed by atoms with Crippen LogP contribution in [0.4, 0.5) is 4.39 Å². The molecule has 2 rings (SSSR count). The van der Waals surface area contributed by atoms with Crippen molar-refractivity contribution in [1.82, 2.24) is 4.98 Å². The Morgan fingerprint density at radius 3 is 2.94 bits per heavy atom. The van der Waals surface area contributed by atoms with E-state index < -0.39 is 6.10 Å². The summed E-state index contributed by atoms with van der Waals surface area (Å²) < 4.78 is 12.9. The molecule has 0 saturated carbocycles. The lowest BCUT2D eigenvalue weighted by Crippen LogP contribution is -2.02. The quantitative estimate of drug-likeness (QED) is 0.890. The van der Waals surface area contributed by atoms with Crippen molar-refractivity contribution >= 4 is 11.3 Å². The van der Waals surface area contributed by atoms with Crippen molar-refractivity contribution < 1.29 is 9.50 Å². The molecular weight excluding hydrogens is 225 g/mol. The molecule has 1 atom stereocenters. The number of thiazole rings is 1. The molecule has 0 aliphatic carbocycles. The third-order valence-corrected chi connectivity index (χ3v) is 3.33. The molecule has 84 valence electrons. The van der Waals surface area contributed by atoms with Gasteiger partial charge in [-0.05, 0) is 30.2 Å². The van der Waals surface area contributed by atoms with Gasteiger partial charge in [0.25, 0.3) is 0 Å². The molecule has 2 nitrogen and oxygen atoms in total. The largest absolute Gasteiger partial charge is 0.386 e. The minimum atomic E-state index is -0.607. The zero-order chi connectivity index (χ0) is 11.5. The minimum absolute atomic E-state index is 0.245. The summed E-state index contributed by atoms with van der Waals surface area (Å²) in [5.74, 6) is -0.245. The Kier molecular flexibility index (Phi) is 3.31. The second-order valence-electron chi connectivity index (χ2n) is 3.66. The average Bonchev–Trinajstić information content (AvgIpc) is 2.75. The monoisotopic (exact) mass is 237 g/mol. The van der Waals surface area contributed by atoms with Crippen molar-refractivity contribution in [2.45, 2.75) is 19.4 Å². The van der Waals surface area contributed by atoms with Crippen molar-refractivity contribution in [1.29, 1.82) is 0 Å². The molecule has 0 bridgehead atoms. The first-order valence-electron chi connectivity index (χ1n) is 4.99. The van der Waals surface area contributed by atoms with E-state index in [9.17, 15) is 9.50 Å². The van der Waals surface area contributed by atoms with Gasteiger partial charge in [-0.3, -0.25) is 0 Å². The highest BCUT2D eigenvalue weighted by atomic mass is 32.1. The SMILES string of the molecule is Cc1cc(F)ccc1CC(O)c1nccs1.